The van der Waals surface area contributed by atoms with Gasteiger partial charge in [-0.05, 0) is 12.1 Å². The van der Waals surface area contributed by atoms with Gasteiger partial charge in [-0.25, -0.2) is 9.97 Å². The van der Waals surface area contributed by atoms with Gasteiger partial charge in [-0.2, -0.15) is 0 Å². The van der Waals surface area contributed by atoms with E-state index in [9.17, 15) is 4.79 Å². The Hall–Kier alpha value is -2.31. The molecule has 1 aliphatic rings. The first-order chi connectivity index (χ1) is 11.3. The minimum Gasteiger partial charge on any atom is -0.379 e. The van der Waals surface area contributed by atoms with Crippen molar-refractivity contribution >= 4 is 5.91 Å². The smallest absolute Gasteiger partial charge is 0.252 e. The van der Waals surface area contributed by atoms with Crippen molar-refractivity contribution in [2.24, 2.45) is 0 Å². The number of carbonyl (C=O) groups excluding carboxylic acids is 1. The average Bonchev–Trinajstić information content (AvgIpc) is 2.63. The maximum absolute atomic E-state index is 12.5. The summed E-state index contributed by atoms with van der Waals surface area (Å²) in [5.74, 6) is 0.466. The molecule has 0 unspecified atom stereocenters. The molecule has 1 N–H and O–H groups in total. The van der Waals surface area contributed by atoms with E-state index >= 15 is 0 Å². The quantitative estimate of drug-likeness (QED) is 0.899. The Morgan fingerprint density at radius 3 is 2.65 bits per heavy atom. The summed E-state index contributed by atoms with van der Waals surface area (Å²) >= 11 is 0. The van der Waals surface area contributed by atoms with E-state index in [4.69, 9.17) is 4.74 Å². The fourth-order valence-electron chi connectivity index (χ4n) is 2.56. The fraction of sp³-hybridized carbons (Fsp3) is 0.353. The van der Waals surface area contributed by atoms with Gasteiger partial charge < -0.3 is 10.1 Å². The van der Waals surface area contributed by atoms with E-state index in [2.05, 4.69) is 20.2 Å². The first kappa shape index (κ1) is 15.6. The van der Waals surface area contributed by atoms with Crippen molar-refractivity contribution in [3.05, 3.63) is 48.3 Å². The van der Waals surface area contributed by atoms with Crippen LogP contribution in [0.25, 0.3) is 11.4 Å². The Balaban J connectivity index is 1.63. The molecule has 1 aliphatic heterocycles. The lowest BCUT2D eigenvalue weighted by Crippen LogP contribution is -2.41. The predicted molar refractivity (Wildman–Crippen MR) is 87.1 cm³/mol. The summed E-state index contributed by atoms with van der Waals surface area (Å²) in [5, 5.41) is 2.98. The maximum Gasteiger partial charge on any atom is 0.252 e. The molecule has 0 atom stereocenters. The summed E-state index contributed by atoms with van der Waals surface area (Å²) in [7, 11) is 0. The van der Waals surface area contributed by atoms with Crippen LogP contribution in [0.5, 0.6) is 0 Å². The third kappa shape index (κ3) is 4.12. The molecule has 6 heteroatoms. The van der Waals surface area contributed by atoms with Crippen LogP contribution in [0, 0.1) is 0 Å². The Morgan fingerprint density at radius 2 is 1.87 bits per heavy atom. The largest absolute Gasteiger partial charge is 0.379 e. The van der Waals surface area contributed by atoms with E-state index in [0.717, 1.165) is 38.4 Å². The Bertz CT molecular complexity index is 642. The van der Waals surface area contributed by atoms with Crippen LogP contribution in [0.3, 0.4) is 0 Å². The van der Waals surface area contributed by atoms with E-state index < -0.39 is 0 Å². The Kier molecular flexibility index (Phi) is 5.29. The van der Waals surface area contributed by atoms with Gasteiger partial charge >= 0.3 is 0 Å². The molecular formula is C17H20N4O2. The van der Waals surface area contributed by atoms with Gasteiger partial charge in [-0.15, -0.1) is 0 Å². The van der Waals surface area contributed by atoms with Crippen LogP contribution in [0.15, 0.2) is 42.7 Å². The van der Waals surface area contributed by atoms with E-state index in [1.165, 1.54) is 0 Å². The standard InChI is InChI=1S/C17H20N4O2/c22-17(20-8-9-21-10-12-23-13-11-21)15-5-2-1-4-14(15)16-18-6-3-7-19-16/h1-7H,8-13H2,(H,20,22). The van der Waals surface area contributed by atoms with Crippen LogP contribution < -0.4 is 5.32 Å². The molecule has 0 aliphatic carbocycles. The minimum atomic E-state index is -0.0960. The first-order valence-electron chi connectivity index (χ1n) is 7.79. The van der Waals surface area contributed by atoms with Gasteiger partial charge in [0.15, 0.2) is 5.82 Å². The lowest BCUT2D eigenvalue weighted by atomic mass is 10.1. The van der Waals surface area contributed by atoms with Gasteiger partial charge in [0, 0.05) is 44.1 Å². The molecule has 1 aromatic heterocycles. The summed E-state index contributed by atoms with van der Waals surface area (Å²) < 4.78 is 5.32. The topological polar surface area (TPSA) is 67.4 Å². The second-order valence-corrected chi connectivity index (χ2v) is 5.33. The second-order valence-electron chi connectivity index (χ2n) is 5.33. The van der Waals surface area contributed by atoms with Crippen LogP contribution in [-0.4, -0.2) is 60.2 Å². The van der Waals surface area contributed by atoms with Crippen molar-refractivity contribution in [3.63, 3.8) is 0 Å². The highest BCUT2D eigenvalue weighted by atomic mass is 16.5. The number of nitrogens with one attached hydrogen (secondary N) is 1. The van der Waals surface area contributed by atoms with Gasteiger partial charge in [0.25, 0.3) is 5.91 Å². The highest BCUT2D eigenvalue weighted by molar-refractivity contribution is 6.00. The number of morpholine rings is 1. The Morgan fingerprint density at radius 1 is 1.13 bits per heavy atom. The molecule has 1 amide bonds. The molecule has 0 spiro atoms. The molecule has 2 heterocycles. The van der Waals surface area contributed by atoms with Crippen LogP contribution >= 0.6 is 0 Å². The molecule has 0 radical (unpaired) electrons. The van der Waals surface area contributed by atoms with Gasteiger partial charge in [0.2, 0.25) is 0 Å². The maximum atomic E-state index is 12.5. The summed E-state index contributed by atoms with van der Waals surface area (Å²) in [5.41, 5.74) is 1.35. The summed E-state index contributed by atoms with van der Waals surface area (Å²) in [6.45, 7) is 4.82. The second kappa shape index (κ2) is 7.80. The number of amides is 1. The molecular weight excluding hydrogens is 292 g/mol. The summed E-state index contributed by atoms with van der Waals surface area (Å²) in [6, 6.07) is 9.16. The Labute approximate surface area is 135 Å². The van der Waals surface area contributed by atoms with Gasteiger partial charge in [-0.3, -0.25) is 9.69 Å². The van der Waals surface area contributed by atoms with Crippen molar-refractivity contribution in [2.75, 3.05) is 39.4 Å². The van der Waals surface area contributed by atoms with E-state index in [1.54, 1.807) is 24.5 Å². The molecule has 0 saturated carbocycles. The van der Waals surface area contributed by atoms with Crippen molar-refractivity contribution in [1.82, 2.24) is 20.2 Å². The highest BCUT2D eigenvalue weighted by Crippen LogP contribution is 2.19. The fourth-order valence-corrected chi connectivity index (χ4v) is 2.56. The molecule has 6 nitrogen and oxygen atoms in total. The van der Waals surface area contributed by atoms with Crippen molar-refractivity contribution in [1.29, 1.82) is 0 Å². The number of carbonyl (C=O) groups is 1. The number of hydrogen-bond acceptors (Lipinski definition) is 5. The zero-order valence-electron chi connectivity index (χ0n) is 12.9. The van der Waals surface area contributed by atoms with Gasteiger partial charge in [0.05, 0.1) is 18.8 Å². The van der Waals surface area contributed by atoms with E-state index in [0.29, 0.717) is 17.9 Å². The van der Waals surface area contributed by atoms with Crippen molar-refractivity contribution < 1.29 is 9.53 Å². The molecule has 3 rings (SSSR count). The first-order valence-corrected chi connectivity index (χ1v) is 7.79. The molecule has 1 saturated heterocycles. The van der Waals surface area contributed by atoms with Gasteiger partial charge in [0.1, 0.15) is 0 Å². The number of rotatable bonds is 5. The van der Waals surface area contributed by atoms with E-state index in [1.807, 2.05) is 18.2 Å². The number of hydrogen-bond donors (Lipinski definition) is 1. The third-order valence-electron chi connectivity index (χ3n) is 3.80. The average molecular weight is 312 g/mol. The SMILES string of the molecule is O=C(NCCN1CCOCC1)c1ccccc1-c1ncccn1. The lowest BCUT2D eigenvalue weighted by molar-refractivity contribution is 0.0383. The molecule has 120 valence electrons. The van der Waals surface area contributed by atoms with Crippen LogP contribution in [0.2, 0.25) is 0 Å². The molecule has 1 fully saturated rings. The molecule has 23 heavy (non-hydrogen) atoms. The minimum absolute atomic E-state index is 0.0960. The number of aromatic nitrogens is 2. The van der Waals surface area contributed by atoms with Crippen molar-refractivity contribution in [2.45, 2.75) is 0 Å². The normalized spacial score (nSPS) is 15.3. The van der Waals surface area contributed by atoms with Crippen molar-refractivity contribution in [3.8, 4) is 11.4 Å². The summed E-state index contributed by atoms with van der Waals surface area (Å²) in [6.07, 6.45) is 3.35. The molecule has 2 aromatic rings. The van der Waals surface area contributed by atoms with Crippen LogP contribution in [0.1, 0.15) is 10.4 Å². The van der Waals surface area contributed by atoms with Crippen LogP contribution in [-0.2, 0) is 4.74 Å². The molecule has 0 bridgehead atoms. The zero-order valence-corrected chi connectivity index (χ0v) is 12.9. The van der Waals surface area contributed by atoms with Gasteiger partial charge in [-0.1, -0.05) is 18.2 Å². The number of benzene rings is 1. The lowest BCUT2D eigenvalue weighted by Gasteiger charge is -2.26. The monoisotopic (exact) mass is 312 g/mol. The number of nitrogens with zero attached hydrogens (tertiary/aromatic N) is 3. The van der Waals surface area contributed by atoms with Crippen LogP contribution in [0.4, 0.5) is 0 Å². The van der Waals surface area contributed by atoms with E-state index in [-0.39, 0.29) is 5.91 Å². The highest BCUT2D eigenvalue weighted by Gasteiger charge is 2.14. The molecule has 1 aromatic carbocycles. The number of ether oxygens (including phenoxy) is 1. The predicted octanol–water partition coefficient (Wildman–Crippen LogP) is 1.21. The summed E-state index contributed by atoms with van der Waals surface area (Å²) in [4.78, 5) is 23.2. The third-order valence-corrected chi connectivity index (χ3v) is 3.80. The zero-order chi connectivity index (χ0) is 15.9.